The maximum Gasteiger partial charge on any atom is 0.295 e. The Morgan fingerprint density at radius 2 is 1.28 bits per heavy atom. The van der Waals surface area contributed by atoms with Crippen molar-refractivity contribution in [2.24, 2.45) is 7.05 Å². The molecule has 0 atom stereocenters. The Labute approximate surface area is 293 Å². The summed E-state index contributed by atoms with van der Waals surface area (Å²) in [7, 11) is 2.18. The molecule has 0 spiro atoms. The zero-order valence-electron chi connectivity index (χ0n) is 29.9. The van der Waals surface area contributed by atoms with Crippen LogP contribution < -0.4 is 4.57 Å². The normalized spacial score (nSPS) is 11.9. The van der Waals surface area contributed by atoms with Gasteiger partial charge in [0, 0.05) is 27.5 Å². The molecule has 0 saturated carbocycles. The highest BCUT2D eigenvalue weighted by Crippen LogP contribution is 2.42. The van der Waals surface area contributed by atoms with Crippen molar-refractivity contribution >= 4 is 33.0 Å². The summed E-state index contributed by atoms with van der Waals surface area (Å²) in [5.41, 5.74) is 15.3. The van der Waals surface area contributed by atoms with Crippen molar-refractivity contribution in [1.82, 2.24) is 4.57 Å². The third-order valence-electron chi connectivity index (χ3n) is 10.5. The number of imidazole rings is 1. The summed E-state index contributed by atoms with van der Waals surface area (Å²) >= 11 is 0. The molecular formula is C46H43N2O2+. The van der Waals surface area contributed by atoms with E-state index in [4.69, 9.17) is 4.42 Å². The largest absolute Gasteiger partial charge is 0.507 e. The molecular weight excluding hydrogens is 613 g/mol. The molecule has 0 aliphatic rings. The van der Waals surface area contributed by atoms with Gasteiger partial charge in [0.15, 0.2) is 11.0 Å². The van der Waals surface area contributed by atoms with Crippen molar-refractivity contribution in [3.8, 4) is 45.1 Å². The molecule has 2 aromatic heterocycles. The third-order valence-corrected chi connectivity index (χ3v) is 10.5. The molecule has 0 aliphatic heterocycles. The predicted molar refractivity (Wildman–Crippen MR) is 207 cm³/mol. The first-order valence-corrected chi connectivity index (χ1v) is 17.6. The maximum absolute atomic E-state index is 11.7. The fraction of sp³-hybridized carbons (Fsp3) is 0.196. The number of furan rings is 1. The molecule has 0 unspecified atom stereocenters. The number of phenolic OH excluding ortho intramolecular Hbond substituents is 1. The average molecular weight is 656 g/mol. The van der Waals surface area contributed by atoms with Crippen LogP contribution in [0, 0.1) is 13.8 Å². The van der Waals surface area contributed by atoms with Crippen molar-refractivity contribution < 1.29 is 14.1 Å². The summed E-state index contributed by atoms with van der Waals surface area (Å²) in [5.74, 6) is 2.08. The lowest BCUT2D eigenvalue weighted by molar-refractivity contribution is -0.633. The van der Waals surface area contributed by atoms with Crippen LogP contribution in [0.25, 0.3) is 72.3 Å². The second-order valence-electron chi connectivity index (χ2n) is 14.3. The van der Waals surface area contributed by atoms with E-state index in [1.807, 2.05) is 24.3 Å². The van der Waals surface area contributed by atoms with E-state index in [1.165, 1.54) is 39.0 Å². The van der Waals surface area contributed by atoms with Crippen LogP contribution >= 0.6 is 0 Å². The second-order valence-corrected chi connectivity index (χ2v) is 14.3. The zero-order valence-corrected chi connectivity index (χ0v) is 29.9. The number of aromatic nitrogens is 2. The van der Waals surface area contributed by atoms with E-state index < -0.39 is 0 Å². The van der Waals surface area contributed by atoms with Gasteiger partial charge < -0.3 is 9.52 Å². The van der Waals surface area contributed by atoms with Gasteiger partial charge in [-0.05, 0) is 89.9 Å². The molecule has 4 nitrogen and oxygen atoms in total. The molecule has 0 aliphatic carbocycles. The number of fused-ring (bicyclic) bond motifs is 4. The van der Waals surface area contributed by atoms with Crippen LogP contribution in [0.3, 0.4) is 0 Å². The van der Waals surface area contributed by atoms with Crippen molar-refractivity contribution in [1.29, 1.82) is 0 Å². The zero-order chi connectivity index (χ0) is 34.8. The summed E-state index contributed by atoms with van der Waals surface area (Å²) in [6.07, 6.45) is 0. The minimum Gasteiger partial charge on any atom is -0.507 e. The number of benzene rings is 6. The van der Waals surface area contributed by atoms with Gasteiger partial charge in [-0.3, -0.25) is 0 Å². The van der Waals surface area contributed by atoms with Gasteiger partial charge in [-0.25, -0.2) is 4.57 Å². The molecule has 8 rings (SSSR count). The molecule has 0 bridgehead atoms. The van der Waals surface area contributed by atoms with Crippen LogP contribution in [0.2, 0.25) is 0 Å². The molecule has 6 aromatic carbocycles. The Morgan fingerprint density at radius 1 is 0.640 bits per heavy atom. The summed E-state index contributed by atoms with van der Waals surface area (Å²) < 4.78 is 11.0. The Morgan fingerprint density at radius 3 is 2.02 bits per heavy atom. The lowest BCUT2D eigenvalue weighted by Crippen LogP contribution is -2.31. The van der Waals surface area contributed by atoms with Crippen molar-refractivity contribution in [2.75, 3.05) is 0 Å². The highest BCUT2D eigenvalue weighted by atomic mass is 16.3. The van der Waals surface area contributed by atoms with Crippen molar-refractivity contribution in [3.63, 3.8) is 0 Å². The van der Waals surface area contributed by atoms with Crippen LogP contribution in [-0.2, 0) is 7.05 Å². The van der Waals surface area contributed by atoms with Crippen LogP contribution in [0.4, 0.5) is 0 Å². The standard InChI is InChI=1S/C46H42N2O2/c1-27(2)33-14-12-15-34(28(3)4)45(33)48-40-17-10-9-16-39(40)47(7)46(48)44-29(5)19-22-35(30(44)6)36-23-20-31(25-41(36)49)32-21-24-38-37-13-8-11-18-42(37)50-43(38)26-32/h8-28H,1-7H3/p+1. The molecule has 0 radical (unpaired) electrons. The minimum absolute atomic E-state index is 0.252. The molecule has 0 fully saturated rings. The quantitative estimate of drug-likeness (QED) is 0.181. The SMILES string of the molecule is Cc1ccc(-c2ccc(-c3ccc4c(c3)oc3ccccc34)cc2O)c(C)c1-c1n(-c2c(C(C)C)cccc2C(C)C)c2ccccc2[n+]1C. The Bertz CT molecular complexity index is 2570. The van der Waals surface area contributed by atoms with Crippen LogP contribution in [0.5, 0.6) is 5.75 Å². The minimum atomic E-state index is 0.252. The Hall–Kier alpha value is -5.61. The first-order valence-electron chi connectivity index (χ1n) is 17.6. The molecule has 248 valence electrons. The molecule has 4 heteroatoms. The number of nitrogens with zero attached hydrogens (tertiary/aromatic N) is 2. The number of para-hydroxylation sites is 4. The van der Waals surface area contributed by atoms with Gasteiger partial charge in [-0.1, -0.05) is 107 Å². The van der Waals surface area contributed by atoms with Gasteiger partial charge >= 0.3 is 0 Å². The van der Waals surface area contributed by atoms with E-state index >= 15 is 0 Å². The lowest BCUT2D eigenvalue weighted by Gasteiger charge is -2.20. The van der Waals surface area contributed by atoms with Crippen LogP contribution in [0.15, 0.2) is 120 Å². The number of aryl methyl sites for hydroxylation is 2. The van der Waals surface area contributed by atoms with E-state index in [0.717, 1.165) is 55.6 Å². The summed E-state index contributed by atoms with van der Waals surface area (Å²) in [5, 5.41) is 13.9. The van der Waals surface area contributed by atoms with Gasteiger partial charge in [-0.15, -0.1) is 0 Å². The molecule has 8 aromatic rings. The molecule has 50 heavy (non-hydrogen) atoms. The summed E-state index contributed by atoms with van der Waals surface area (Å²) in [4.78, 5) is 0. The monoisotopic (exact) mass is 655 g/mol. The maximum atomic E-state index is 11.7. The van der Waals surface area contributed by atoms with E-state index in [9.17, 15) is 5.11 Å². The van der Waals surface area contributed by atoms with Crippen LogP contribution in [0.1, 0.15) is 61.8 Å². The number of hydrogen-bond acceptors (Lipinski definition) is 2. The summed E-state index contributed by atoms with van der Waals surface area (Å²) in [6.45, 7) is 13.5. The number of hydrogen-bond donors (Lipinski definition) is 1. The average Bonchev–Trinajstić information content (AvgIpc) is 3.62. The Balaban J connectivity index is 1.31. The van der Waals surface area contributed by atoms with E-state index in [1.54, 1.807) is 0 Å². The van der Waals surface area contributed by atoms with Crippen LogP contribution in [-0.4, -0.2) is 9.67 Å². The number of phenols is 1. The fourth-order valence-electron chi connectivity index (χ4n) is 7.92. The molecule has 0 saturated heterocycles. The highest BCUT2D eigenvalue weighted by Gasteiger charge is 2.32. The number of rotatable bonds is 6. The van der Waals surface area contributed by atoms with E-state index in [-0.39, 0.29) is 5.75 Å². The van der Waals surface area contributed by atoms with Gasteiger partial charge in [0.25, 0.3) is 5.82 Å². The highest BCUT2D eigenvalue weighted by molar-refractivity contribution is 6.06. The summed E-state index contributed by atoms with van der Waals surface area (Å²) in [6, 6.07) is 40.3. The first kappa shape index (κ1) is 31.6. The molecule has 0 amide bonds. The van der Waals surface area contributed by atoms with Crippen molar-refractivity contribution in [3.05, 3.63) is 138 Å². The predicted octanol–water partition coefficient (Wildman–Crippen LogP) is 11.9. The fourth-order valence-corrected chi connectivity index (χ4v) is 7.92. The van der Waals surface area contributed by atoms with Gasteiger partial charge in [0.05, 0.1) is 12.6 Å². The molecule has 2 heterocycles. The van der Waals surface area contributed by atoms with E-state index in [2.05, 4.69) is 149 Å². The Kier molecular flexibility index (Phi) is 7.64. The smallest absolute Gasteiger partial charge is 0.295 e. The number of aromatic hydroxyl groups is 1. The van der Waals surface area contributed by atoms with Gasteiger partial charge in [-0.2, -0.15) is 4.57 Å². The van der Waals surface area contributed by atoms with Gasteiger partial charge in [0.1, 0.15) is 22.6 Å². The lowest BCUT2D eigenvalue weighted by atomic mass is 9.90. The third kappa shape index (κ3) is 4.93. The topological polar surface area (TPSA) is 42.2 Å². The first-order chi connectivity index (χ1) is 24.1. The van der Waals surface area contributed by atoms with Gasteiger partial charge in [0.2, 0.25) is 0 Å². The van der Waals surface area contributed by atoms with E-state index in [0.29, 0.717) is 11.8 Å². The second kappa shape index (κ2) is 12.1. The van der Waals surface area contributed by atoms with Crippen molar-refractivity contribution in [2.45, 2.75) is 53.4 Å². The molecule has 1 N–H and O–H groups in total.